The van der Waals surface area contributed by atoms with Crippen LogP contribution in [0.3, 0.4) is 0 Å². The lowest BCUT2D eigenvalue weighted by atomic mass is 10.1. The van der Waals surface area contributed by atoms with Crippen LogP contribution in [-0.2, 0) is 7.05 Å². The lowest BCUT2D eigenvalue weighted by Crippen LogP contribution is -2.34. The molecule has 0 aliphatic rings. The molecule has 0 spiro atoms. The lowest BCUT2D eigenvalue weighted by Gasteiger charge is -2.19. The van der Waals surface area contributed by atoms with Crippen LogP contribution in [0.25, 0.3) is 27.5 Å². The highest BCUT2D eigenvalue weighted by Crippen LogP contribution is 2.29. The number of nitrogens with zero attached hydrogens (tertiary/aromatic N) is 4. The van der Waals surface area contributed by atoms with Gasteiger partial charge in [-0.15, -0.1) is 0 Å². The van der Waals surface area contributed by atoms with Gasteiger partial charge in [-0.25, -0.2) is 0 Å². The number of para-hydroxylation sites is 1. The highest BCUT2D eigenvalue weighted by molar-refractivity contribution is 6.16. The van der Waals surface area contributed by atoms with E-state index in [0.717, 1.165) is 16.5 Å². The monoisotopic (exact) mass is 388 g/mol. The number of carbonyl (C=O) groups is 1. The van der Waals surface area contributed by atoms with Crippen molar-refractivity contribution in [1.82, 2.24) is 19.2 Å². The number of aryl methyl sites for hydroxylation is 2. The molecule has 4 aromatic rings. The average molecular weight is 388 g/mol. The first-order valence-corrected chi connectivity index (χ1v) is 9.84. The zero-order chi connectivity index (χ0) is 20.7. The Morgan fingerprint density at radius 1 is 1.03 bits per heavy atom. The third-order valence-corrected chi connectivity index (χ3v) is 5.47. The maximum atomic E-state index is 13.4. The van der Waals surface area contributed by atoms with Gasteiger partial charge >= 0.3 is 0 Å². The molecule has 6 heteroatoms. The van der Waals surface area contributed by atoms with Gasteiger partial charge in [0, 0.05) is 36.4 Å². The molecule has 0 saturated heterocycles. The van der Waals surface area contributed by atoms with Crippen molar-refractivity contribution in [3.05, 3.63) is 70.1 Å². The van der Waals surface area contributed by atoms with Crippen LogP contribution < -0.4 is 5.56 Å². The summed E-state index contributed by atoms with van der Waals surface area (Å²) in [6.07, 6.45) is 0. The molecule has 0 fully saturated rings. The maximum absolute atomic E-state index is 13.4. The SMILES string of the molecule is CCN(CC)C(=O)c1nn(-c2ccc(C)cc2)c(=O)c2c1c1ccccc1n2C. The number of benzene rings is 2. The predicted molar refractivity (Wildman–Crippen MR) is 116 cm³/mol. The summed E-state index contributed by atoms with van der Waals surface area (Å²) < 4.78 is 3.20. The number of aromatic nitrogens is 3. The predicted octanol–water partition coefficient (Wildman–Crippen LogP) is 3.67. The molecule has 0 unspecified atom stereocenters. The molecule has 1 amide bonds. The lowest BCUT2D eigenvalue weighted by molar-refractivity contribution is 0.0767. The number of carbonyl (C=O) groups excluding carboxylic acids is 1. The second-order valence-corrected chi connectivity index (χ2v) is 7.18. The van der Waals surface area contributed by atoms with Crippen molar-refractivity contribution in [1.29, 1.82) is 0 Å². The van der Waals surface area contributed by atoms with Gasteiger partial charge in [-0.3, -0.25) is 9.59 Å². The van der Waals surface area contributed by atoms with Gasteiger partial charge in [0.2, 0.25) is 0 Å². The summed E-state index contributed by atoms with van der Waals surface area (Å²) in [4.78, 5) is 28.5. The second kappa shape index (κ2) is 7.20. The van der Waals surface area contributed by atoms with Crippen molar-refractivity contribution in [2.24, 2.45) is 7.05 Å². The Kier molecular flexibility index (Phi) is 4.70. The summed E-state index contributed by atoms with van der Waals surface area (Å²) in [5, 5.41) is 6.06. The van der Waals surface area contributed by atoms with Crippen molar-refractivity contribution < 1.29 is 4.79 Å². The molecular formula is C23H24N4O2. The molecule has 2 aromatic carbocycles. The molecule has 0 aliphatic carbocycles. The second-order valence-electron chi connectivity index (χ2n) is 7.18. The Labute approximate surface area is 169 Å². The molecule has 29 heavy (non-hydrogen) atoms. The van der Waals surface area contributed by atoms with Gasteiger partial charge in [0.1, 0.15) is 5.52 Å². The summed E-state index contributed by atoms with van der Waals surface area (Å²) in [7, 11) is 1.86. The summed E-state index contributed by atoms with van der Waals surface area (Å²) in [6, 6.07) is 15.3. The van der Waals surface area contributed by atoms with Gasteiger partial charge in [0.15, 0.2) is 5.69 Å². The van der Waals surface area contributed by atoms with Gasteiger partial charge in [-0.2, -0.15) is 9.78 Å². The van der Waals surface area contributed by atoms with Crippen molar-refractivity contribution >= 4 is 27.7 Å². The smallest absolute Gasteiger partial charge is 0.296 e. The van der Waals surface area contributed by atoms with E-state index in [0.29, 0.717) is 35.4 Å². The van der Waals surface area contributed by atoms with Crippen molar-refractivity contribution in [2.45, 2.75) is 20.8 Å². The standard InChI is InChI=1S/C23H24N4O2/c1-5-26(6-2)22(28)20-19-17-9-7-8-10-18(17)25(4)21(19)23(29)27(24-20)16-13-11-15(3)12-14-16/h7-14H,5-6H2,1-4H3. The first kappa shape index (κ1) is 18.9. The summed E-state index contributed by atoms with van der Waals surface area (Å²) in [5.41, 5.74) is 3.18. The first-order chi connectivity index (χ1) is 14.0. The Hall–Kier alpha value is -3.41. The Bertz CT molecular complexity index is 1280. The highest BCUT2D eigenvalue weighted by atomic mass is 16.2. The zero-order valence-corrected chi connectivity index (χ0v) is 17.1. The molecule has 2 heterocycles. The van der Waals surface area contributed by atoms with Gasteiger partial charge in [-0.05, 0) is 39.0 Å². The Balaban J connectivity index is 2.15. The topological polar surface area (TPSA) is 60.1 Å². The molecular weight excluding hydrogens is 364 g/mol. The van der Waals surface area contributed by atoms with Gasteiger partial charge in [0.05, 0.1) is 5.69 Å². The van der Waals surface area contributed by atoms with Crippen LogP contribution in [0.15, 0.2) is 53.3 Å². The van der Waals surface area contributed by atoms with E-state index in [1.165, 1.54) is 4.68 Å². The van der Waals surface area contributed by atoms with Crippen LogP contribution in [0.2, 0.25) is 0 Å². The molecule has 0 saturated carbocycles. The number of fused-ring (bicyclic) bond motifs is 3. The number of rotatable bonds is 4. The van der Waals surface area contributed by atoms with Crippen molar-refractivity contribution in [3.8, 4) is 5.69 Å². The van der Waals surface area contributed by atoms with E-state index in [4.69, 9.17) is 0 Å². The van der Waals surface area contributed by atoms with Crippen LogP contribution in [0.5, 0.6) is 0 Å². The molecule has 0 atom stereocenters. The third-order valence-electron chi connectivity index (χ3n) is 5.47. The van der Waals surface area contributed by atoms with E-state index in [1.54, 1.807) is 4.90 Å². The molecule has 0 aliphatic heterocycles. The molecule has 148 valence electrons. The fourth-order valence-electron chi connectivity index (χ4n) is 3.85. The van der Waals surface area contributed by atoms with E-state index in [-0.39, 0.29) is 11.5 Å². The average Bonchev–Trinajstić information content (AvgIpc) is 3.04. The fraction of sp³-hybridized carbons (Fsp3) is 0.261. The highest BCUT2D eigenvalue weighted by Gasteiger charge is 2.25. The third kappa shape index (κ3) is 2.92. The van der Waals surface area contributed by atoms with E-state index in [2.05, 4.69) is 5.10 Å². The molecule has 4 rings (SSSR count). The van der Waals surface area contributed by atoms with Crippen LogP contribution in [0.4, 0.5) is 0 Å². The van der Waals surface area contributed by atoms with Crippen LogP contribution in [0.1, 0.15) is 29.9 Å². The van der Waals surface area contributed by atoms with Crippen LogP contribution >= 0.6 is 0 Å². The van der Waals surface area contributed by atoms with E-state index < -0.39 is 0 Å². The molecule has 0 N–H and O–H groups in total. The van der Waals surface area contributed by atoms with E-state index in [9.17, 15) is 9.59 Å². The molecule has 6 nitrogen and oxygen atoms in total. The quantitative estimate of drug-likeness (QED) is 0.536. The molecule has 0 bridgehead atoms. The van der Waals surface area contributed by atoms with Gasteiger partial charge in [0.25, 0.3) is 11.5 Å². The normalized spacial score (nSPS) is 11.3. The van der Waals surface area contributed by atoms with Gasteiger partial charge < -0.3 is 9.47 Å². The summed E-state index contributed by atoms with van der Waals surface area (Å²) >= 11 is 0. The van der Waals surface area contributed by atoms with E-state index in [1.807, 2.05) is 80.9 Å². The number of hydrogen-bond donors (Lipinski definition) is 0. The zero-order valence-electron chi connectivity index (χ0n) is 17.1. The van der Waals surface area contributed by atoms with Crippen LogP contribution in [0, 0.1) is 6.92 Å². The summed E-state index contributed by atoms with van der Waals surface area (Å²) in [6.45, 7) is 7.03. The molecule has 0 radical (unpaired) electrons. The minimum atomic E-state index is -0.237. The minimum Gasteiger partial charge on any atom is -0.339 e. The Morgan fingerprint density at radius 3 is 2.34 bits per heavy atom. The van der Waals surface area contributed by atoms with Crippen molar-refractivity contribution in [3.63, 3.8) is 0 Å². The maximum Gasteiger partial charge on any atom is 0.296 e. The molecule has 2 aromatic heterocycles. The number of hydrogen-bond acceptors (Lipinski definition) is 3. The fourth-order valence-corrected chi connectivity index (χ4v) is 3.85. The largest absolute Gasteiger partial charge is 0.339 e. The van der Waals surface area contributed by atoms with Crippen LogP contribution in [-0.4, -0.2) is 38.2 Å². The number of amides is 1. The minimum absolute atomic E-state index is 0.169. The van der Waals surface area contributed by atoms with Crippen molar-refractivity contribution in [2.75, 3.05) is 13.1 Å². The summed E-state index contributed by atoms with van der Waals surface area (Å²) in [5.74, 6) is -0.169. The first-order valence-electron chi connectivity index (χ1n) is 9.84. The van der Waals surface area contributed by atoms with Gasteiger partial charge in [-0.1, -0.05) is 35.9 Å². The Morgan fingerprint density at radius 2 is 1.69 bits per heavy atom. The van der Waals surface area contributed by atoms with E-state index >= 15 is 0 Å².